The van der Waals surface area contributed by atoms with Crippen molar-refractivity contribution in [1.29, 1.82) is 0 Å². The third-order valence-corrected chi connectivity index (χ3v) is 5.35. The van der Waals surface area contributed by atoms with Gasteiger partial charge in [0.25, 0.3) is 0 Å². The van der Waals surface area contributed by atoms with Crippen LogP contribution < -0.4 is 10.2 Å². The molecule has 0 spiro atoms. The van der Waals surface area contributed by atoms with Crippen LogP contribution >= 0.6 is 11.6 Å². The van der Waals surface area contributed by atoms with E-state index in [1.807, 2.05) is 18.2 Å². The molecule has 1 N–H and O–H groups in total. The number of halogens is 1. The largest absolute Gasteiger partial charge is 0.324 e. The maximum atomic E-state index is 12.5. The van der Waals surface area contributed by atoms with E-state index < -0.39 is 0 Å². The molecule has 0 bridgehead atoms. The number of rotatable bonds is 3. The molecule has 0 saturated carbocycles. The van der Waals surface area contributed by atoms with Gasteiger partial charge in [-0.05, 0) is 54.7 Å². The predicted octanol–water partition coefficient (Wildman–Crippen LogP) is 3.82. The molecule has 1 aliphatic heterocycles. The summed E-state index contributed by atoms with van der Waals surface area (Å²) < 4.78 is 0. The maximum Gasteiger partial charge on any atom is 0.229 e. The van der Waals surface area contributed by atoms with Gasteiger partial charge in [0.2, 0.25) is 11.8 Å². The molecule has 2 aromatic carbocycles. The first kappa shape index (κ1) is 16.2. The predicted molar refractivity (Wildman–Crippen MR) is 99.0 cm³/mol. The molecule has 25 heavy (non-hydrogen) atoms. The Morgan fingerprint density at radius 1 is 1.12 bits per heavy atom. The number of nitrogens with one attached hydrogen (secondary N) is 1. The number of para-hydroxylation sites is 1. The quantitative estimate of drug-likeness (QED) is 0.910. The minimum Gasteiger partial charge on any atom is -0.324 e. The number of anilines is 2. The third kappa shape index (κ3) is 3.14. The smallest absolute Gasteiger partial charge is 0.229 e. The van der Waals surface area contributed by atoms with E-state index in [2.05, 4.69) is 17.4 Å². The summed E-state index contributed by atoms with van der Waals surface area (Å²) in [6.07, 6.45) is 3.59. The van der Waals surface area contributed by atoms with Crippen LogP contribution in [0.4, 0.5) is 11.4 Å². The van der Waals surface area contributed by atoms with Crippen LogP contribution in [0.1, 0.15) is 24.0 Å². The fourth-order valence-corrected chi connectivity index (χ4v) is 3.84. The lowest BCUT2D eigenvalue weighted by Crippen LogP contribution is -2.28. The molecule has 2 aliphatic rings. The molecule has 1 atom stereocenters. The Morgan fingerprint density at radius 3 is 2.76 bits per heavy atom. The number of carbonyl (C=O) groups excluding carboxylic acids is 2. The van der Waals surface area contributed by atoms with E-state index in [9.17, 15) is 9.59 Å². The third-order valence-electron chi connectivity index (χ3n) is 5.02. The molecule has 0 radical (unpaired) electrons. The summed E-state index contributed by atoms with van der Waals surface area (Å²) in [6.45, 7) is 0.411. The molecule has 4 rings (SSSR count). The fourth-order valence-electron chi connectivity index (χ4n) is 3.66. The van der Waals surface area contributed by atoms with E-state index >= 15 is 0 Å². The Bertz CT molecular complexity index is 849. The Labute approximate surface area is 151 Å². The van der Waals surface area contributed by atoms with Crippen LogP contribution in [0.3, 0.4) is 0 Å². The maximum absolute atomic E-state index is 12.5. The zero-order valence-corrected chi connectivity index (χ0v) is 14.6. The second-order valence-corrected chi connectivity index (χ2v) is 7.09. The van der Waals surface area contributed by atoms with Crippen molar-refractivity contribution in [2.45, 2.75) is 25.7 Å². The second-order valence-electron chi connectivity index (χ2n) is 6.68. The average Bonchev–Trinajstić information content (AvgIpc) is 3.22. The Morgan fingerprint density at radius 2 is 1.92 bits per heavy atom. The first-order chi connectivity index (χ1) is 12.1. The van der Waals surface area contributed by atoms with Crippen molar-refractivity contribution in [3.05, 3.63) is 58.6 Å². The molecule has 1 heterocycles. The van der Waals surface area contributed by atoms with Crippen molar-refractivity contribution in [3.63, 3.8) is 0 Å². The lowest BCUT2D eigenvalue weighted by atomic mass is 10.1. The molecule has 1 unspecified atom stereocenters. The van der Waals surface area contributed by atoms with Crippen LogP contribution in [0.25, 0.3) is 0 Å². The van der Waals surface area contributed by atoms with Crippen LogP contribution in [-0.4, -0.2) is 18.4 Å². The summed E-state index contributed by atoms with van der Waals surface area (Å²) in [6, 6.07) is 13.3. The minimum absolute atomic E-state index is 0.00254. The topological polar surface area (TPSA) is 49.4 Å². The van der Waals surface area contributed by atoms with Crippen molar-refractivity contribution in [3.8, 4) is 0 Å². The van der Waals surface area contributed by atoms with Crippen molar-refractivity contribution >= 4 is 34.8 Å². The molecular formula is C20H19ClN2O2. The van der Waals surface area contributed by atoms with Crippen molar-refractivity contribution in [2.75, 3.05) is 16.8 Å². The van der Waals surface area contributed by atoms with Gasteiger partial charge in [-0.2, -0.15) is 0 Å². The molecule has 1 saturated heterocycles. The standard InChI is InChI=1S/C20H19ClN2O2/c21-17-6-1-2-7-18(17)22-20(25)15-11-19(24)23(12-15)16-9-8-13-4-3-5-14(13)10-16/h1-2,6-10,15H,3-5,11-12H2,(H,22,25). The first-order valence-corrected chi connectivity index (χ1v) is 8.97. The number of aryl methyl sites for hydroxylation is 2. The molecule has 0 aromatic heterocycles. The Hall–Kier alpha value is -2.33. The van der Waals surface area contributed by atoms with Gasteiger partial charge in [-0.1, -0.05) is 29.8 Å². The van der Waals surface area contributed by atoms with Gasteiger partial charge < -0.3 is 10.2 Å². The van der Waals surface area contributed by atoms with Crippen molar-refractivity contribution < 1.29 is 9.59 Å². The summed E-state index contributed by atoms with van der Waals surface area (Å²) in [5, 5.41) is 3.33. The summed E-state index contributed by atoms with van der Waals surface area (Å²) >= 11 is 6.09. The summed E-state index contributed by atoms with van der Waals surface area (Å²) in [7, 11) is 0. The molecule has 2 amide bonds. The normalized spacial score (nSPS) is 19.2. The Balaban J connectivity index is 1.48. The van der Waals surface area contributed by atoms with Crippen LogP contribution in [0.2, 0.25) is 5.02 Å². The highest BCUT2D eigenvalue weighted by Crippen LogP contribution is 2.31. The first-order valence-electron chi connectivity index (χ1n) is 8.59. The molecule has 128 valence electrons. The van der Waals surface area contributed by atoms with Gasteiger partial charge in [0.1, 0.15) is 0 Å². The van der Waals surface area contributed by atoms with Gasteiger partial charge in [0.15, 0.2) is 0 Å². The lowest BCUT2D eigenvalue weighted by molar-refractivity contribution is -0.122. The number of nitrogens with zero attached hydrogens (tertiary/aromatic N) is 1. The monoisotopic (exact) mass is 354 g/mol. The van der Waals surface area contributed by atoms with Crippen LogP contribution in [0.5, 0.6) is 0 Å². The van der Waals surface area contributed by atoms with Gasteiger partial charge >= 0.3 is 0 Å². The fraction of sp³-hybridized carbons (Fsp3) is 0.300. The zero-order valence-electron chi connectivity index (χ0n) is 13.8. The Kier molecular flexibility index (Phi) is 4.22. The van der Waals surface area contributed by atoms with Crippen molar-refractivity contribution in [2.24, 2.45) is 5.92 Å². The van der Waals surface area contributed by atoms with E-state index in [4.69, 9.17) is 11.6 Å². The molecule has 4 nitrogen and oxygen atoms in total. The number of amides is 2. The van der Waals surface area contributed by atoms with Crippen molar-refractivity contribution in [1.82, 2.24) is 0 Å². The molecule has 1 fully saturated rings. The molecule has 5 heteroatoms. The number of hydrogen-bond donors (Lipinski definition) is 1. The van der Waals surface area contributed by atoms with E-state index in [1.54, 1.807) is 17.0 Å². The number of hydrogen-bond acceptors (Lipinski definition) is 2. The van der Waals surface area contributed by atoms with Gasteiger partial charge in [0, 0.05) is 18.7 Å². The van der Waals surface area contributed by atoms with Gasteiger partial charge in [-0.3, -0.25) is 9.59 Å². The zero-order chi connectivity index (χ0) is 17.4. The van der Waals surface area contributed by atoms with E-state index in [0.29, 0.717) is 17.3 Å². The molecule has 2 aromatic rings. The van der Waals surface area contributed by atoms with Crippen LogP contribution in [-0.2, 0) is 22.4 Å². The van der Waals surface area contributed by atoms with Crippen LogP contribution in [0.15, 0.2) is 42.5 Å². The molecular weight excluding hydrogens is 336 g/mol. The number of benzene rings is 2. The van der Waals surface area contributed by atoms with E-state index in [0.717, 1.165) is 18.5 Å². The highest BCUT2D eigenvalue weighted by atomic mass is 35.5. The van der Waals surface area contributed by atoms with E-state index in [1.165, 1.54) is 17.5 Å². The summed E-state index contributed by atoms with van der Waals surface area (Å²) in [5.41, 5.74) is 4.19. The second kappa shape index (κ2) is 6.52. The van der Waals surface area contributed by atoms with E-state index in [-0.39, 0.29) is 24.2 Å². The van der Waals surface area contributed by atoms with Gasteiger partial charge in [-0.25, -0.2) is 0 Å². The van der Waals surface area contributed by atoms with Gasteiger partial charge in [-0.15, -0.1) is 0 Å². The summed E-state index contributed by atoms with van der Waals surface area (Å²) in [5.74, 6) is -0.528. The highest BCUT2D eigenvalue weighted by molar-refractivity contribution is 6.33. The average molecular weight is 355 g/mol. The van der Waals surface area contributed by atoms with Crippen LogP contribution in [0, 0.1) is 5.92 Å². The highest BCUT2D eigenvalue weighted by Gasteiger charge is 2.35. The number of fused-ring (bicyclic) bond motifs is 1. The minimum atomic E-state index is -0.364. The molecule has 1 aliphatic carbocycles. The summed E-state index contributed by atoms with van der Waals surface area (Å²) in [4.78, 5) is 26.7. The lowest BCUT2D eigenvalue weighted by Gasteiger charge is -2.18. The van der Waals surface area contributed by atoms with Gasteiger partial charge in [0.05, 0.1) is 16.6 Å². The number of carbonyl (C=O) groups is 2. The SMILES string of the molecule is O=C(Nc1ccccc1Cl)C1CC(=O)N(c2ccc3c(c2)CCC3)C1.